The molecule has 0 aromatic carbocycles. The second-order valence-corrected chi connectivity index (χ2v) is 4.49. The maximum absolute atomic E-state index is 11.6. The van der Waals surface area contributed by atoms with Gasteiger partial charge in [-0.15, -0.1) is 0 Å². The lowest BCUT2D eigenvalue weighted by Gasteiger charge is -2.41. The summed E-state index contributed by atoms with van der Waals surface area (Å²) in [6, 6.07) is -0.886. The number of aliphatic hydroxyl groups excluding tert-OH is 1. The van der Waals surface area contributed by atoms with Crippen LogP contribution in [0.4, 0.5) is 0 Å². The maximum Gasteiger partial charge on any atom is 0.326 e. The van der Waals surface area contributed by atoms with E-state index in [9.17, 15) is 14.7 Å². The third-order valence-electron chi connectivity index (χ3n) is 3.42. The third-order valence-corrected chi connectivity index (χ3v) is 3.42. The number of carbonyl (C=O) groups is 2. The number of nitrogens with zero attached hydrogens (tertiary/aromatic N) is 1. The average molecular weight is 229 g/mol. The van der Waals surface area contributed by atoms with Crippen LogP contribution in [0.2, 0.25) is 0 Å². The van der Waals surface area contributed by atoms with Crippen molar-refractivity contribution in [3.8, 4) is 0 Å². The summed E-state index contributed by atoms with van der Waals surface area (Å²) in [5.74, 6) is -1.32. The molecule has 0 aromatic heterocycles. The number of aliphatic carboxylic acids is 1. The lowest BCUT2D eigenvalue weighted by atomic mass is 9.94. The number of rotatable bonds is 4. The molecule has 16 heavy (non-hydrogen) atoms. The summed E-state index contributed by atoms with van der Waals surface area (Å²) in [7, 11) is 0. The van der Waals surface area contributed by atoms with Crippen LogP contribution in [0.3, 0.4) is 0 Å². The van der Waals surface area contributed by atoms with Crippen LogP contribution in [0.1, 0.15) is 39.5 Å². The summed E-state index contributed by atoms with van der Waals surface area (Å²) in [4.78, 5) is 23.9. The van der Waals surface area contributed by atoms with Gasteiger partial charge in [0.1, 0.15) is 6.04 Å². The Bertz CT molecular complexity index is 284. The van der Waals surface area contributed by atoms with Crippen LogP contribution >= 0.6 is 0 Å². The number of hydrogen-bond donors (Lipinski definition) is 2. The largest absolute Gasteiger partial charge is 0.480 e. The molecule has 1 aliphatic rings. The van der Waals surface area contributed by atoms with Gasteiger partial charge in [-0.05, 0) is 19.8 Å². The van der Waals surface area contributed by atoms with Crippen LogP contribution in [-0.4, -0.2) is 45.2 Å². The quantitative estimate of drug-likeness (QED) is 0.740. The van der Waals surface area contributed by atoms with Gasteiger partial charge in [-0.2, -0.15) is 0 Å². The summed E-state index contributed by atoms with van der Waals surface area (Å²) >= 11 is 0. The molecule has 1 fully saturated rings. The second kappa shape index (κ2) is 4.82. The first-order chi connectivity index (χ1) is 7.44. The summed E-state index contributed by atoms with van der Waals surface area (Å²) < 4.78 is 0. The van der Waals surface area contributed by atoms with Crippen LogP contribution in [0.25, 0.3) is 0 Å². The molecular formula is C11H19NO4. The molecule has 1 rings (SSSR count). The molecule has 5 nitrogen and oxygen atoms in total. The van der Waals surface area contributed by atoms with Gasteiger partial charge >= 0.3 is 5.97 Å². The first kappa shape index (κ1) is 13.0. The summed E-state index contributed by atoms with van der Waals surface area (Å²) in [6.45, 7) is 2.68. The highest BCUT2D eigenvalue weighted by atomic mass is 16.4. The molecule has 0 spiro atoms. The van der Waals surface area contributed by atoms with Crippen LogP contribution < -0.4 is 0 Å². The minimum absolute atomic E-state index is 0.163. The number of carboxylic acids is 1. The zero-order valence-corrected chi connectivity index (χ0v) is 9.77. The highest BCUT2D eigenvalue weighted by molar-refractivity contribution is 5.82. The van der Waals surface area contributed by atoms with E-state index in [2.05, 4.69) is 0 Å². The van der Waals surface area contributed by atoms with Gasteiger partial charge in [0.15, 0.2) is 0 Å². The molecule has 5 heteroatoms. The van der Waals surface area contributed by atoms with Gasteiger partial charge in [0.2, 0.25) is 5.91 Å². The molecule has 1 saturated carbocycles. The Kier molecular flexibility index (Phi) is 3.91. The van der Waals surface area contributed by atoms with E-state index in [0.29, 0.717) is 12.8 Å². The SMILES string of the molecule is CC(=O)N(C(C)C(=O)O)C1(CO)CCCC1. The van der Waals surface area contributed by atoms with Gasteiger partial charge in [0, 0.05) is 6.92 Å². The Morgan fingerprint density at radius 2 is 1.88 bits per heavy atom. The lowest BCUT2D eigenvalue weighted by Crippen LogP contribution is -2.57. The van der Waals surface area contributed by atoms with E-state index in [-0.39, 0.29) is 12.5 Å². The van der Waals surface area contributed by atoms with Crippen molar-refractivity contribution >= 4 is 11.9 Å². The molecule has 1 unspecified atom stereocenters. The Morgan fingerprint density at radius 3 is 2.19 bits per heavy atom. The van der Waals surface area contributed by atoms with Crippen molar-refractivity contribution in [2.75, 3.05) is 6.61 Å². The molecule has 0 saturated heterocycles. The Morgan fingerprint density at radius 1 is 1.38 bits per heavy atom. The van der Waals surface area contributed by atoms with Gasteiger partial charge in [0.05, 0.1) is 12.1 Å². The average Bonchev–Trinajstić information content (AvgIpc) is 2.67. The van der Waals surface area contributed by atoms with Gasteiger partial charge in [-0.1, -0.05) is 12.8 Å². The van der Waals surface area contributed by atoms with Gasteiger partial charge < -0.3 is 15.1 Å². The molecule has 0 heterocycles. The fourth-order valence-corrected chi connectivity index (χ4v) is 2.64. The zero-order chi connectivity index (χ0) is 12.3. The molecule has 2 N–H and O–H groups in total. The predicted molar refractivity (Wildman–Crippen MR) is 57.9 cm³/mol. The number of aliphatic hydroxyl groups is 1. The lowest BCUT2D eigenvalue weighted by molar-refractivity contribution is -0.156. The highest BCUT2D eigenvalue weighted by Gasteiger charge is 2.44. The first-order valence-corrected chi connectivity index (χ1v) is 5.58. The monoisotopic (exact) mass is 229 g/mol. The molecule has 1 amide bonds. The Hall–Kier alpha value is -1.10. The molecule has 0 bridgehead atoms. The van der Waals surface area contributed by atoms with Crippen LogP contribution in [0.15, 0.2) is 0 Å². The Labute approximate surface area is 95.1 Å². The minimum atomic E-state index is -1.03. The molecule has 1 atom stereocenters. The molecular weight excluding hydrogens is 210 g/mol. The number of amides is 1. The maximum atomic E-state index is 11.6. The third kappa shape index (κ3) is 2.19. The Balaban J connectivity index is 3.00. The fraction of sp³-hybridized carbons (Fsp3) is 0.818. The van der Waals surface area contributed by atoms with Crippen molar-refractivity contribution in [2.24, 2.45) is 0 Å². The number of carbonyl (C=O) groups excluding carboxylic acids is 1. The smallest absolute Gasteiger partial charge is 0.326 e. The van der Waals surface area contributed by atoms with Crippen molar-refractivity contribution in [3.05, 3.63) is 0 Å². The topological polar surface area (TPSA) is 77.8 Å². The highest BCUT2D eigenvalue weighted by Crippen LogP contribution is 2.36. The summed E-state index contributed by atoms with van der Waals surface area (Å²) in [5.41, 5.74) is -0.663. The zero-order valence-electron chi connectivity index (χ0n) is 9.77. The van der Waals surface area contributed by atoms with Crippen molar-refractivity contribution < 1.29 is 19.8 Å². The minimum Gasteiger partial charge on any atom is -0.480 e. The predicted octanol–water partition coefficient (Wildman–Crippen LogP) is 0.613. The molecule has 0 radical (unpaired) electrons. The van der Waals surface area contributed by atoms with Crippen LogP contribution in [0.5, 0.6) is 0 Å². The van der Waals surface area contributed by atoms with Crippen LogP contribution in [-0.2, 0) is 9.59 Å². The van der Waals surface area contributed by atoms with E-state index in [0.717, 1.165) is 12.8 Å². The molecule has 1 aliphatic carbocycles. The van der Waals surface area contributed by atoms with E-state index in [1.54, 1.807) is 0 Å². The van der Waals surface area contributed by atoms with E-state index in [4.69, 9.17) is 5.11 Å². The summed E-state index contributed by atoms with van der Waals surface area (Å²) in [5, 5.41) is 18.5. The van der Waals surface area contributed by atoms with Crippen LogP contribution in [0, 0.1) is 0 Å². The van der Waals surface area contributed by atoms with E-state index >= 15 is 0 Å². The normalized spacial score (nSPS) is 20.4. The fourth-order valence-electron chi connectivity index (χ4n) is 2.64. The molecule has 0 aliphatic heterocycles. The van der Waals surface area contributed by atoms with E-state index in [1.807, 2.05) is 0 Å². The van der Waals surface area contributed by atoms with E-state index < -0.39 is 17.6 Å². The van der Waals surface area contributed by atoms with Gasteiger partial charge in [-0.3, -0.25) is 4.79 Å². The number of hydrogen-bond acceptors (Lipinski definition) is 3. The van der Waals surface area contributed by atoms with Crippen molar-refractivity contribution in [3.63, 3.8) is 0 Å². The standard InChI is InChI=1S/C11H19NO4/c1-8(10(15)16)12(9(2)14)11(7-13)5-3-4-6-11/h8,13H,3-7H2,1-2H3,(H,15,16). The van der Waals surface area contributed by atoms with Crippen molar-refractivity contribution in [2.45, 2.75) is 51.1 Å². The number of carboxylic acid groups (broad SMARTS) is 1. The van der Waals surface area contributed by atoms with Gasteiger partial charge in [0.25, 0.3) is 0 Å². The second-order valence-electron chi connectivity index (χ2n) is 4.49. The van der Waals surface area contributed by atoms with E-state index in [1.165, 1.54) is 18.7 Å². The molecule has 92 valence electrons. The van der Waals surface area contributed by atoms with Gasteiger partial charge in [-0.25, -0.2) is 4.79 Å². The summed E-state index contributed by atoms with van der Waals surface area (Å²) in [6.07, 6.45) is 3.22. The first-order valence-electron chi connectivity index (χ1n) is 5.58. The molecule has 0 aromatic rings. The van der Waals surface area contributed by atoms with Crippen molar-refractivity contribution in [1.82, 2.24) is 4.90 Å². The van der Waals surface area contributed by atoms with Crippen molar-refractivity contribution in [1.29, 1.82) is 0 Å².